The van der Waals surface area contributed by atoms with Gasteiger partial charge in [0.15, 0.2) is 11.5 Å². The highest BCUT2D eigenvalue weighted by Crippen LogP contribution is 2.33. The van der Waals surface area contributed by atoms with Crippen molar-refractivity contribution in [2.75, 3.05) is 14.2 Å². The number of carbonyl (C=O) groups excluding carboxylic acids is 1. The number of hydrogen-bond donors (Lipinski definition) is 1. The molecule has 0 saturated carbocycles. The first-order chi connectivity index (χ1) is 12.9. The summed E-state index contributed by atoms with van der Waals surface area (Å²) in [6.45, 7) is 4.23. The molecule has 1 N–H and O–H groups in total. The van der Waals surface area contributed by atoms with Crippen molar-refractivity contribution in [3.63, 3.8) is 0 Å². The average Bonchev–Trinajstić information content (AvgIpc) is 3.02. The fourth-order valence-corrected chi connectivity index (χ4v) is 2.85. The van der Waals surface area contributed by atoms with Crippen LogP contribution in [0.3, 0.4) is 0 Å². The number of benzene rings is 1. The summed E-state index contributed by atoms with van der Waals surface area (Å²) in [6.07, 6.45) is 3.21. The standard InChI is InChI=1S/C19H21N3O5/c1-11(2)27-17-12(6-5-7-15(17)25-3)8-22-9-13-16(20-21-18(13)23)14(10-22)19(24)26-4/h5-7,9-11H,8H2,1-4H3,(H,21,23). The molecule has 8 nitrogen and oxygen atoms in total. The average molecular weight is 371 g/mol. The minimum atomic E-state index is -0.565. The smallest absolute Gasteiger partial charge is 0.341 e. The third-order valence-corrected chi connectivity index (χ3v) is 4.01. The van der Waals surface area contributed by atoms with Crippen molar-refractivity contribution >= 4 is 5.97 Å². The number of rotatable bonds is 6. The summed E-state index contributed by atoms with van der Waals surface area (Å²) >= 11 is 0. The first-order valence-corrected chi connectivity index (χ1v) is 8.43. The highest BCUT2D eigenvalue weighted by Gasteiger charge is 2.22. The quantitative estimate of drug-likeness (QED) is 0.668. The predicted molar refractivity (Wildman–Crippen MR) is 98.7 cm³/mol. The molecule has 0 amide bonds. The van der Waals surface area contributed by atoms with Gasteiger partial charge in [-0.15, -0.1) is 0 Å². The molecule has 0 bridgehead atoms. The summed E-state index contributed by atoms with van der Waals surface area (Å²) in [5.41, 5.74) is 1.29. The van der Waals surface area contributed by atoms with E-state index in [9.17, 15) is 9.59 Å². The molecule has 2 heterocycles. The molecule has 8 heteroatoms. The van der Waals surface area contributed by atoms with E-state index in [0.717, 1.165) is 5.56 Å². The van der Waals surface area contributed by atoms with Crippen LogP contribution in [0.15, 0.2) is 35.4 Å². The van der Waals surface area contributed by atoms with E-state index >= 15 is 0 Å². The molecule has 0 aromatic heterocycles. The molecule has 0 saturated heterocycles. The number of para-hydroxylation sites is 1. The van der Waals surface area contributed by atoms with Gasteiger partial charge >= 0.3 is 5.97 Å². The van der Waals surface area contributed by atoms with Gasteiger partial charge in [-0.1, -0.05) is 12.1 Å². The number of esters is 1. The Bertz CT molecular complexity index is 989. The van der Waals surface area contributed by atoms with E-state index in [1.807, 2.05) is 32.0 Å². The van der Waals surface area contributed by atoms with Crippen molar-refractivity contribution in [1.29, 1.82) is 0 Å². The fraction of sp³-hybridized carbons (Fsp3) is 0.316. The van der Waals surface area contributed by atoms with Crippen molar-refractivity contribution in [1.82, 2.24) is 14.8 Å². The van der Waals surface area contributed by atoms with Gasteiger partial charge < -0.3 is 18.8 Å². The monoisotopic (exact) mass is 371 g/mol. The molecule has 27 heavy (non-hydrogen) atoms. The van der Waals surface area contributed by atoms with Crippen LogP contribution in [-0.2, 0) is 11.3 Å². The third-order valence-electron chi connectivity index (χ3n) is 4.01. The number of carbonyl (C=O) groups is 1. The number of pyridine rings is 1. The van der Waals surface area contributed by atoms with E-state index in [2.05, 4.69) is 10.2 Å². The SMILES string of the molecule is COC(=O)c1cn(Cc2cccc(OC)c2OC(C)C)cc2c(=O)[nH]nc1-2. The van der Waals surface area contributed by atoms with Crippen molar-refractivity contribution in [3.05, 3.63) is 52.1 Å². The van der Waals surface area contributed by atoms with Gasteiger partial charge in [-0.3, -0.25) is 4.79 Å². The van der Waals surface area contributed by atoms with E-state index in [0.29, 0.717) is 23.6 Å². The zero-order chi connectivity index (χ0) is 19.6. The molecular formula is C19H21N3O5. The van der Waals surface area contributed by atoms with Gasteiger partial charge in [0, 0.05) is 18.0 Å². The highest BCUT2D eigenvalue weighted by molar-refractivity contribution is 5.95. The molecule has 0 aliphatic carbocycles. The number of H-pyrrole nitrogens is 1. The normalized spacial score (nSPS) is 11.0. The van der Waals surface area contributed by atoms with Crippen molar-refractivity contribution in [3.8, 4) is 22.8 Å². The minimum absolute atomic E-state index is 0.0414. The van der Waals surface area contributed by atoms with Crippen LogP contribution >= 0.6 is 0 Å². The fourth-order valence-electron chi connectivity index (χ4n) is 2.85. The summed E-state index contributed by atoms with van der Waals surface area (Å²) in [5, 5.41) is 6.29. The Labute approximate surface area is 156 Å². The summed E-state index contributed by atoms with van der Waals surface area (Å²) < 4.78 is 17.9. The Kier molecular flexibility index (Phi) is 5.16. The lowest BCUT2D eigenvalue weighted by Crippen LogP contribution is -2.14. The number of nitrogens with one attached hydrogen (secondary N) is 1. The number of methoxy groups -OCH3 is 2. The zero-order valence-corrected chi connectivity index (χ0v) is 15.6. The van der Waals surface area contributed by atoms with Crippen LogP contribution in [-0.4, -0.2) is 41.1 Å². The molecule has 0 fully saturated rings. The van der Waals surface area contributed by atoms with E-state index in [1.165, 1.54) is 7.11 Å². The second-order valence-corrected chi connectivity index (χ2v) is 6.27. The summed E-state index contributed by atoms with van der Waals surface area (Å²) in [7, 11) is 2.86. The largest absolute Gasteiger partial charge is 0.493 e. The molecule has 0 unspecified atom stereocenters. The van der Waals surface area contributed by atoms with Gasteiger partial charge in [0.2, 0.25) is 0 Å². The molecule has 0 spiro atoms. The van der Waals surface area contributed by atoms with Crippen molar-refractivity contribution in [2.24, 2.45) is 0 Å². The lowest BCUT2D eigenvalue weighted by atomic mass is 10.1. The molecule has 2 aliphatic heterocycles. The molecule has 1 aromatic rings. The van der Waals surface area contributed by atoms with E-state index in [1.54, 1.807) is 24.1 Å². The Morgan fingerprint density at radius 2 is 2.04 bits per heavy atom. The third kappa shape index (κ3) is 3.64. The van der Waals surface area contributed by atoms with Gasteiger partial charge in [0.1, 0.15) is 11.3 Å². The van der Waals surface area contributed by atoms with Crippen LogP contribution in [0.25, 0.3) is 11.3 Å². The van der Waals surface area contributed by atoms with E-state index in [4.69, 9.17) is 14.2 Å². The van der Waals surface area contributed by atoms with Gasteiger partial charge in [-0.2, -0.15) is 5.10 Å². The summed E-state index contributed by atoms with van der Waals surface area (Å²) in [6, 6.07) is 5.59. The van der Waals surface area contributed by atoms with Crippen LogP contribution in [0.1, 0.15) is 29.8 Å². The molecular weight excluding hydrogens is 350 g/mol. The zero-order valence-electron chi connectivity index (χ0n) is 15.6. The van der Waals surface area contributed by atoms with Crippen LogP contribution in [0, 0.1) is 0 Å². The van der Waals surface area contributed by atoms with Gasteiger partial charge in [0.25, 0.3) is 5.56 Å². The van der Waals surface area contributed by atoms with Crippen LogP contribution < -0.4 is 15.0 Å². The number of fused-ring (bicyclic) bond motifs is 1. The molecule has 3 rings (SSSR count). The number of nitrogens with zero attached hydrogens (tertiary/aromatic N) is 2. The Hall–Kier alpha value is -3.29. The van der Waals surface area contributed by atoms with Gasteiger partial charge in [-0.05, 0) is 19.9 Å². The predicted octanol–water partition coefficient (Wildman–Crippen LogP) is 2.31. The topological polar surface area (TPSA) is 95.4 Å². The molecule has 2 aliphatic rings. The summed E-state index contributed by atoms with van der Waals surface area (Å²) in [4.78, 5) is 24.1. The number of aromatic nitrogens is 3. The van der Waals surface area contributed by atoms with Crippen LogP contribution in [0.4, 0.5) is 0 Å². The number of ether oxygens (including phenoxy) is 3. The number of aromatic amines is 1. The summed E-state index contributed by atoms with van der Waals surface area (Å²) in [5.74, 6) is 0.672. The molecule has 0 atom stereocenters. The lowest BCUT2D eigenvalue weighted by molar-refractivity contribution is 0.0600. The van der Waals surface area contributed by atoms with Gasteiger partial charge in [0.05, 0.1) is 32.4 Å². The van der Waals surface area contributed by atoms with Crippen LogP contribution in [0.5, 0.6) is 11.5 Å². The first-order valence-electron chi connectivity index (χ1n) is 8.43. The van der Waals surface area contributed by atoms with E-state index < -0.39 is 5.97 Å². The molecule has 142 valence electrons. The molecule has 1 aromatic carbocycles. The first kappa shape index (κ1) is 18.5. The second-order valence-electron chi connectivity index (χ2n) is 6.27. The van der Waals surface area contributed by atoms with Gasteiger partial charge in [-0.25, -0.2) is 9.89 Å². The Morgan fingerprint density at radius 1 is 1.26 bits per heavy atom. The molecule has 0 radical (unpaired) electrons. The Balaban J connectivity index is 2.10. The Morgan fingerprint density at radius 3 is 2.70 bits per heavy atom. The maximum atomic E-state index is 12.1. The lowest BCUT2D eigenvalue weighted by Gasteiger charge is -2.19. The second kappa shape index (κ2) is 7.53. The maximum absolute atomic E-state index is 12.1. The van der Waals surface area contributed by atoms with Crippen LogP contribution in [0.2, 0.25) is 0 Å². The maximum Gasteiger partial charge on any atom is 0.341 e. The van der Waals surface area contributed by atoms with Crippen molar-refractivity contribution < 1.29 is 19.0 Å². The van der Waals surface area contributed by atoms with E-state index in [-0.39, 0.29) is 22.9 Å². The minimum Gasteiger partial charge on any atom is -0.493 e. The highest BCUT2D eigenvalue weighted by atomic mass is 16.5. The van der Waals surface area contributed by atoms with Crippen molar-refractivity contribution in [2.45, 2.75) is 26.5 Å². The number of hydrogen-bond acceptors (Lipinski definition) is 6.